The molecule has 0 spiro atoms. The van der Waals surface area contributed by atoms with Gasteiger partial charge in [-0.25, -0.2) is 13.4 Å². The minimum atomic E-state index is -3.81. The zero-order valence-corrected chi connectivity index (χ0v) is 17.9. The van der Waals surface area contributed by atoms with Gasteiger partial charge in [0.15, 0.2) is 5.03 Å². The fraction of sp³-hybridized carbons (Fsp3) is 0.238. The van der Waals surface area contributed by atoms with Crippen LogP contribution in [0.5, 0.6) is 0 Å². The lowest BCUT2D eigenvalue weighted by molar-refractivity contribution is -0.118. The highest BCUT2D eigenvalue weighted by molar-refractivity contribution is 8.00. The highest BCUT2D eigenvalue weighted by atomic mass is 32.2. The number of aromatic nitrogens is 2. The number of hydrogen-bond acceptors (Lipinski definition) is 5. The van der Waals surface area contributed by atoms with Crippen molar-refractivity contribution in [2.24, 2.45) is 0 Å². The fourth-order valence-corrected chi connectivity index (χ4v) is 5.09. The highest BCUT2D eigenvalue weighted by Gasteiger charge is 2.26. The van der Waals surface area contributed by atoms with E-state index < -0.39 is 9.84 Å². The molecule has 0 saturated carbocycles. The second kappa shape index (κ2) is 9.28. The predicted octanol–water partition coefficient (Wildman–Crippen LogP) is 3.84. The summed E-state index contributed by atoms with van der Waals surface area (Å²) in [6.07, 6.45) is 0.837. The topological polar surface area (TPSA) is 91.9 Å². The molecule has 29 heavy (non-hydrogen) atoms. The van der Waals surface area contributed by atoms with Gasteiger partial charge in [-0.1, -0.05) is 66.7 Å². The lowest BCUT2D eigenvalue weighted by Gasteiger charge is -2.06. The Morgan fingerprint density at radius 2 is 1.79 bits per heavy atom. The normalized spacial score (nSPS) is 11.4. The Kier molecular flexibility index (Phi) is 6.76. The predicted molar refractivity (Wildman–Crippen MR) is 115 cm³/mol. The molecule has 0 fully saturated rings. The summed E-state index contributed by atoms with van der Waals surface area (Å²) in [5, 5.41) is 3.09. The van der Waals surface area contributed by atoms with Crippen LogP contribution in [0.25, 0.3) is 11.4 Å². The summed E-state index contributed by atoms with van der Waals surface area (Å²) < 4.78 is 26.5. The molecule has 0 aliphatic carbocycles. The molecule has 3 rings (SSSR count). The monoisotopic (exact) mass is 429 g/mol. The first-order chi connectivity index (χ1) is 13.9. The van der Waals surface area contributed by atoms with E-state index in [1.165, 1.54) is 0 Å². The Morgan fingerprint density at radius 3 is 2.45 bits per heavy atom. The van der Waals surface area contributed by atoms with Crippen molar-refractivity contribution in [3.63, 3.8) is 0 Å². The third-order valence-electron chi connectivity index (χ3n) is 4.20. The number of hydrogen-bond donors (Lipinski definition) is 2. The van der Waals surface area contributed by atoms with Gasteiger partial charge in [-0.05, 0) is 25.5 Å². The van der Waals surface area contributed by atoms with Gasteiger partial charge in [0.1, 0.15) is 10.9 Å². The van der Waals surface area contributed by atoms with E-state index in [0.717, 1.165) is 29.3 Å². The van der Waals surface area contributed by atoms with Crippen molar-refractivity contribution in [2.75, 3.05) is 12.3 Å². The zero-order valence-electron chi connectivity index (χ0n) is 16.3. The van der Waals surface area contributed by atoms with Crippen LogP contribution < -0.4 is 5.32 Å². The summed E-state index contributed by atoms with van der Waals surface area (Å²) in [6.45, 7) is 4.46. The summed E-state index contributed by atoms with van der Waals surface area (Å²) in [4.78, 5) is 19.6. The van der Waals surface area contributed by atoms with E-state index in [9.17, 15) is 13.2 Å². The number of thioether (sulfide) groups is 1. The van der Waals surface area contributed by atoms with Crippen LogP contribution in [0.15, 0.2) is 69.5 Å². The molecule has 0 atom stereocenters. The lowest BCUT2D eigenvalue weighted by atomic mass is 10.2. The van der Waals surface area contributed by atoms with Gasteiger partial charge >= 0.3 is 0 Å². The number of carbonyl (C=O) groups excluding carboxylic acids is 1. The first kappa shape index (κ1) is 21.1. The molecular weight excluding hydrogens is 406 g/mol. The largest absolute Gasteiger partial charge is 0.355 e. The van der Waals surface area contributed by atoms with Gasteiger partial charge in [0, 0.05) is 12.1 Å². The maximum absolute atomic E-state index is 13.2. The molecule has 2 N–H and O–H groups in total. The second-order valence-corrected chi connectivity index (χ2v) is 9.39. The number of sulfone groups is 1. The summed E-state index contributed by atoms with van der Waals surface area (Å²) in [7, 11) is -3.81. The summed E-state index contributed by atoms with van der Waals surface area (Å²) >= 11 is 1.11. The number of aromatic amines is 1. The van der Waals surface area contributed by atoms with Crippen LogP contribution >= 0.6 is 11.8 Å². The van der Waals surface area contributed by atoms with Crippen molar-refractivity contribution in [1.29, 1.82) is 0 Å². The van der Waals surface area contributed by atoms with Gasteiger partial charge in [-0.15, -0.1) is 0 Å². The Morgan fingerprint density at radius 1 is 1.10 bits per heavy atom. The van der Waals surface area contributed by atoms with E-state index in [2.05, 4.69) is 15.3 Å². The fourth-order valence-electron chi connectivity index (χ4n) is 2.64. The van der Waals surface area contributed by atoms with Gasteiger partial charge in [0.05, 0.1) is 10.6 Å². The third kappa shape index (κ3) is 5.07. The Hall–Kier alpha value is -2.58. The maximum Gasteiger partial charge on any atom is 0.230 e. The van der Waals surface area contributed by atoms with Crippen molar-refractivity contribution >= 4 is 27.5 Å². The smallest absolute Gasteiger partial charge is 0.230 e. The molecule has 1 heterocycles. The summed E-state index contributed by atoms with van der Waals surface area (Å²) in [5.74, 6) is 0.391. The molecule has 1 amide bonds. The molecule has 2 aromatic carbocycles. The Bertz CT molecular complexity index is 1080. The number of carbonyl (C=O) groups is 1. The molecule has 3 aromatic rings. The molecule has 152 valence electrons. The lowest BCUT2D eigenvalue weighted by Crippen LogP contribution is -2.25. The number of aryl methyl sites for hydroxylation is 1. The van der Waals surface area contributed by atoms with Gasteiger partial charge in [0.2, 0.25) is 15.7 Å². The molecule has 0 aliphatic rings. The molecule has 0 radical (unpaired) electrons. The number of nitrogens with one attached hydrogen (secondary N) is 2. The number of nitrogens with zero attached hydrogens (tertiary/aromatic N) is 1. The van der Waals surface area contributed by atoms with Crippen molar-refractivity contribution in [1.82, 2.24) is 15.3 Å². The van der Waals surface area contributed by atoms with Gasteiger partial charge < -0.3 is 10.3 Å². The van der Waals surface area contributed by atoms with Crippen LogP contribution in [-0.2, 0) is 14.6 Å². The molecule has 6 nitrogen and oxygen atoms in total. The van der Waals surface area contributed by atoms with Crippen LogP contribution in [0.2, 0.25) is 0 Å². The standard InChI is InChI=1S/C21H23N3O3S2/c1-3-13-22-18(25)14-28-20-21(24-19(23-20)16-7-5-4-6-8-16)29(26,27)17-11-9-15(2)10-12-17/h4-12H,3,13-14H2,1-2H3,(H,22,25)(H,23,24). The number of rotatable bonds is 8. The minimum Gasteiger partial charge on any atom is -0.355 e. The van der Waals surface area contributed by atoms with Crippen molar-refractivity contribution in [2.45, 2.75) is 35.2 Å². The van der Waals surface area contributed by atoms with Crippen molar-refractivity contribution in [3.8, 4) is 11.4 Å². The van der Waals surface area contributed by atoms with Gasteiger partial charge in [-0.2, -0.15) is 0 Å². The Balaban J connectivity index is 1.98. The number of H-pyrrole nitrogens is 1. The first-order valence-electron chi connectivity index (χ1n) is 9.28. The molecular formula is C21H23N3O3S2. The number of amides is 1. The molecule has 0 bridgehead atoms. The molecule has 0 unspecified atom stereocenters. The van der Waals surface area contributed by atoms with Crippen LogP contribution in [-0.4, -0.2) is 36.6 Å². The Labute approximate surface area is 175 Å². The van der Waals surface area contributed by atoms with Crippen molar-refractivity contribution in [3.05, 3.63) is 60.2 Å². The van der Waals surface area contributed by atoms with Crippen LogP contribution in [0, 0.1) is 6.92 Å². The summed E-state index contributed by atoms with van der Waals surface area (Å²) in [6, 6.07) is 16.0. The van der Waals surface area contributed by atoms with Crippen LogP contribution in [0.4, 0.5) is 0 Å². The molecule has 0 aliphatic heterocycles. The third-order valence-corrected chi connectivity index (χ3v) is 7.03. The highest BCUT2D eigenvalue weighted by Crippen LogP contribution is 2.32. The number of benzene rings is 2. The zero-order chi connectivity index (χ0) is 20.9. The van der Waals surface area contributed by atoms with E-state index in [1.807, 2.05) is 44.2 Å². The van der Waals surface area contributed by atoms with E-state index in [1.54, 1.807) is 24.3 Å². The van der Waals surface area contributed by atoms with Crippen LogP contribution in [0.1, 0.15) is 18.9 Å². The quantitative estimate of drug-likeness (QED) is 0.531. The second-order valence-electron chi connectivity index (χ2n) is 6.54. The number of imidazole rings is 1. The molecule has 1 aromatic heterocycles. The van der Waals surface area contributed by atoms with E-state index in [-0.39, 0.29) is 26.6 Å². The minimum absolute atomic E-state index is 0.00787. The maximum atomic E-state index is 13.2. The van der Waals surface area contributed by atoms with Gasteiger partial charge in [-0.3, -0.25) is 4.79 Å². The summed E-state index contributed by atoms with van der Waals surface area (Å²) in [5.41, 5.74) is 1.75. The average molecular weight is 430 g/mol. The first-order valence-corrected chi connectivity index (χ1v) is 11.8. The molecule has 0 saturated heterocycles. The van der Waals surface area contributed by atoms with E-state index in [4.69, 9.17) is 0 Å². The SMILES string of the molecule is CCCNC(=O)CSc1nc(-c2ccccc2)[nH]c1S(=O)(=O)c1ccc(C)cc1. The van der Waals surface area contributed by atoms with E-state index >= 15 is 0 Å². The van der Waals surface area contributed by atoms with Crippen LogP contribution in [0.3, 0.4) is 0 Å². The van der Waals surface area contributed by atoms with Crippen molar-refractivity contribution < 1.29 is 13.2 Å². The van der Waals surface area contributed by atoms with E-state index in [0.29, 0.717) is 12.4 Å². The van der Waals surface area contributed by atoms with Gasteiger partial charge in [0.25, 0.3) is 0 Å². The molecule has 8 heteroatoms. The average Bonchev–Trinajstić information content (AvgIpc) is 3.17.